The molecule has 0 aliphatic rings. The van der Waals surface area contributed by atoms with Crippen LogP contribution in [0.4, 0.5) is 0 Å². The Labute approximate surface area is 203 Å². The van der Waals surface area contributed by atoms with E-state index in [0.29, 0.717) is 23.8 Å². The summed E-state index contributed by atoms with van der Waals surface area (Å²) >= 11 is 7.91. The van der Waals surface area contributed by atoms with Crippen LogP contribution in [0.2, 0.25) is 5.02 Å². The molecule has 0 aliphatic carbocycles. The highest BCUT2D eigenvalue weighted by molar-refractivity contribution is 7.98. The summed E-state index contributed by atoms with van der Waals surface area (Å²) in [5.74, 6) is 1.72. The smallest absolute Gasteiger partial charge is 0.253 e. The molecule has 2 aromatic carbocycles. The van der Waals surface area contributed by atoms with E-state index in [2.05, 4.69) is 45.8 Å². The zero-order valence-electron chi connectivity index (χ0n) is 19.3. The minimum absolute atomic E-state index is 0.133. The van der Waals surface area contributed by atoms with Crippen molar-refractivity contribution in [2.75, 3.05) is 0 Å². The molecule has 0 fully saturated rings. The predicted molar refractivity (Wildman–Crippen MR) is 135 cm³/mol. The van der Waals surface area contributed by atoms with Crippen molar-refractivity contribution in [3.8, 4) is 0 Å². The van der Waals surface area contributed by atoms with Crippen LogP contribution in [0.5, 0.6) is 0 Å². The molecular formula is C25H28ClN5OS. The molecule has 6 nitrogen and oxygen atoms in total. The second-order valence-electron chi connectivity index (χ2n) is 8.57. The van der Waals surface area contributed by atoms with E-state index in [1.54, 1.807) is 11.8 Å². The van der Waals surface area contributed by atoms with Crippen LogP contribution in [0, 0.1) is 19.8 Å². The molecule has 0 aliphatic heterocycles. The number of fused-ring (bicyclic) bond motifs is 1. The first-order valence-electron chi connectivity index (χ1n) is 11.0. The number of aromatic nitrogens is 4. The van der Waals surface area contributed by atoms with Gasteiger partial charge in [-0.3, -0.25) is 4.79 Å². The van der Waals surface area contributed by atoms with Crippen LogP contribution in [0.1, 0.15) is 46.9 Å². The van der Waals surface area contributed by atoms with Gasteiger partial charge in [-0.1, -0.05) is 67.5 Å². The Hall–Kier alpha value is -2.77. The zero-order chi connectivity index (χ0) is 23.5. The van der Waals surface area contributed by atoms with E-state index in [1.165, 1.54) is 0 Å². The average Bonchev–Trinajstić information content (AvgIpc) is 3.30. The van der Waals surface area contributed by atoms with E-state index in [0.717, 1.165) is 50.3 Å². The van der Waals surface area contributed by atoms with Crippen LogP contribution >= 0.6 is 23.4 Å². The fourth-order valence-corrected chi connectivity index (χ4v) is 5.04. The Kier molecular flexibility index (Phi) is 7.10. The number of nitrogens with one attached hydrogen (secondary N) is 2. The number of amides is 1. The Bertz CT molecular complexity index is 1290. The van der Waals surface area contributed by atoms with Gasteiger partial charge in [0.05, 0.1) is 17.6 Å². The molecule has 0 atom stereocenters. The summed E-state index contributed by atoms with van der Waals surface area (Å²) in [5, 5.41) is 14.5. The summed E-state index contributed by atoms with van der Waals surface area (Å²) in [6, 6.07) is 13.6. The van der Waals surface area contributed by atoms with Crippen molar-refractivity contribution >= 4 is 40.2 Å². The predicted octanol–water partition coefficient (Wildman–Crippen LogP) is 5.91. The van der Waals surface area contributed by atoms with Gasteiger partial charge in [0, 0.05) is 28.4 Å². The standard InChI is InChI=1S/C25H28ClN5OS/c1-15(2)13-31-22(29-30-25(31)33-14-18-8-5-6-11-21(18)26)12-27-24(32)20-10-7-9-19-16(3)17(4)28-23(19)20/h5-11,15,28H,12-14H2,1-4H3,(H,27,32). The molecule has 0 bridgehead atoms. The number of nitrogens with zero attached hydrogens (tertiary/aromatic N) is 3. The van der Waals surface area contributed by atoms with Crippen molar-refractivity contribution in [3.63, 3.8) is 0 Å². The highest BCUT2D eigenvalue weighted by Gasteiger charge is 2.18. The van der Waals surface area contributed by atoms with Gasteiger partial charge in [-0.05, 0) is 43.0 Å². The maximum Gasteiger partial charge on any atom is 0.253 e. The lowest BCUT2D eigenvalue weighted by molar-refractivity contribution is 0.0951. The second-order valence-corrected chi connectivity index (χ2v) is 9.92. The summed E-state index contributed by atoms with van der Waals surface area (Å²) < 4.78 is 2.09. The normalized spacial score (nSPS) is 11.5. The zero-order valence-corrected chi connectivity index (χ0v) is 20.8. The Morgan fingerprint density at radius 1 is 1.15 bits per heavy atom. The number of aromatic amines is 1. The molecule has 33 heavy (non-hydrogen) atoms. The minimum atomic E-state index is -0.133. The summed E-state index contributed by atoms with van der Waals surface area (Å²) in [6.45, 7) is 9.47. The molecule has 1 amide bonds. The molecule has 4 aromatic rings. The molecule has 2 aromatic heterocycles. The molecule has 4 rings (SSSR count). The van der Waals surface area contributed by atoms with Crippen LogP contribution in [-0.2, 0) is 18.8 Å². The molecule has 0 spiro atoms. The number of halogens is 1. The molecule has 0 radical (unpaired) electrons. The molecule has 0 saturated carbocycles. The number of para-hydroxylation sites is 1. The topological polar surface area (TPSA) is 75.6 Å². The van der Waals surface area contributed by atoms with Crippen molar-refractivity contribution in [3.05, 3.63) is 75.7 Å². The fraction of sp³-hybridized carbons (Fsp3) is 0.320. The molecular weight excluding hydrogens is 454 g/mol. The van der Waals surface area contributed by atoms with Crippen LogP contribution in [-0.4, -0.2) is 25.7 Å². The van der Waals surface area contributed by atoms with Crippen molar-refractivity contribution in [1.29, 1.82) is 0 Å². The Balaban J connectivity index is 1.51. The molecule has 2 heterocycles. The van der Waals surface area contributed by atoms with Gasteiger partial charge in [-0.2, -0.15) is 0 Å². The van der Waals surface area contributed by atoms with Crippen LogP contribution < -0.4 is 5.32 Å². The van der Waals surface area contributed by atoms with Gasteiger partial charge < -0.3 is 14.9 Å². The van der Waals surface area contributed by atoms with E-state index in [4.69, 9.17) is 11.6 Å². The number of thioether (sulfide) groups is 1. The lowest BCUT2D eigenvalue weighted by atomic mass is 10.1. The van der Waals surface area contributed by atoms with E-state index in [1.807, 2.05) is 49.4 Å². The number of carbonyl (C=O) groups is 1. The summed E-state index contributed by atoms with van der Waals surface area (Å²) in [6.07, 6.45) is 0. The first kappa shape index (κ1) is 23.4. The largest absolute Gasteiger partial charge is 0.358 e. The lowest BCUT2D eigenvalue weighted by Gasteiger charge is -2.13. The monoisotopic (exact) mass is 481 g/mol. The third-order valence-corrected chi connectivity index (χ3v) is 7.04. The molecule has 0 unspecified atom stereocenters. The highest BCUT2D eigenvalue weighted by atomic mass is 35.5. The van der Waals surface area contributed by atoms with Crippen LogP contribution in [0.25, 0.3) is 10.9 Å². The maximum atomic E-state index is 13.0. The average molecular weight is 482 g/mol. The van der Waals surface area contributed by atoms with Crippen molar-refractivity contribution in [2.24, 2.45) is 5.92 Å². The summed E-state index contributed by atoms with van der Waals surface area (Å²) in [4.78, 5) is 16.4. The summed E-state index contributed by atoms with van der Waals surface area (Å²) in [7, 11) is 0. The maximum absolute atomic E-state index is 13.0. The Morgan fingerprint density at radius 3 is 2.70 bits per heavy atom. The van der Waals surface area contributed by atoms with Gasteiger partial charge in [0.15, 0.2) is 11.0 Å². The quantitative estimate of drug-likeness (QED) is 0.307. The minimum Gasteiger partial charge on any atom is -0.358 e. The number of hydrogen-bond acceptors (Lipinski definition) is 4. The van der Waals surface area contributed by atoms with E-state index in [9.17, 15) is 4.79 Å². The number of aryl methyl sites for hydroxylation is 2. The Morgan fingerprint density at radius 2 is 1.94 bits per heavy atom. The molecule has 8 heteroatoms. The van der Waals surface area contributed by atoms with E-state index >= 15 is 0 Å². The van der Waals surface area contributed by atoms with Crippen LogP contribution in [0.3, 0.4) is 0 Å². The number of rotatable bonds is 8. The number of benzene rings is 2. The van der Waals surface area contributed by atoms with Gasteiger partial charge in [0.1, 0.15) is 0 Å². The van der Waals surface area contributed by atoms with E-state index < -0.39 is 0 Å². The molecule has 2 N–H and O–H groups in total. The van der Waals surface area contributed by atoms with E-state index in [-0.39, 0.29) is 5.91 Å². The number of H-pyrrole nitrogens is 1. The van der Waals surface area contributed by atoms with Crippen molar-refractivity contribution < 1.29 is 4.79 Å². The third kappa shape index (κ3) is 5.09. The lowest BCUT2D eigenvalue weighted by Crippen LogP contribution is -2.25. The van der Waals surface area contributed by atoms with Gasteiger partial charge in [0.25, 0.3) is 5.91 Å². The first-order valence-corrected chi connectivity index (χ1v) is 12.4. The van der Waals surface area contributed by atoms with Gasteiger partial charge in [-0.15, -0.1) is 10.2 Å². The molecule has 172 valence electrons. The fourth-order valence-electron chi connectivity index (χ4n) is 3.79. The van der Waals surface area contributed by atoms with Crippen molar-refractivity contribution in [2.45, 2.75) is 51.7 Å². The SMILES string of the molecule is Cc1[nH]c2c(C(=O)NCc3nnc(SCc4ccccc4Cl)n3CC(C)C)cccc2c1C. The second kappa shape index (κ2) is 10.0. The van der Waals surface area contributed by atoms with Gasteiger partial charge in [-0.25, -0.2) is 0 Å². The van der Waals surface area contributed by atoms with Gasteiger partial charge >= 0.3 is 0 Å². The summed E-state index contributed by atoms with van der Waals surface area (Å²) in [5.41, 5.74) is 4.79. The highest BCUT2D eigenvalue weighted by Crippen LogP contribution is 2.27. The van der Waals surface area contributed by atoms with Crippen LogP contribution in [0.15, 0.2) is 47.6 Å². The number of hydrogen-bond donors (Lipinski definition) is 2. The number of carbonyl (C=O) groups excluding carboxylic acids is 1. The van der Waals surface area contributed by atoms with Crippen molar-refractivity contribution in [1.82, 2.24) is 25.1 Å². The van der Waals surface area contributed by atoms with Gasteiger partial charge in [0.2, 0.25) is 0 Å². The molecule has 0 saturated heterocycles. The first-order chi connectivity index (χ1) is 15.8. The third-order valence-electron chi connectivity index (χ3n) is 5.65.